The number of benzene rings is 1. The molecule has 3 aromatic rings. The minimum Gasteiger partial charge on any atom is -0.497 e. The molecule has 0 saturated carbocycles. The van der Waals surface area contributed by atoms with E-state index in [1.807, 2.05) is 12.1 Å². The van der Waals surface area contributed by atoms with E-state index in [1.54, 1.807) is 50.9 Å². The summed E-state index contributed by atoms with van der Waals surface area (Å²) in [5.74, 6) is 1.23. The van der Waals surface area contributed by atoms with Crippen LogP contribution in [0.4, 0.5) is 11.6 Å². The van der Waals surface area contributed by atoms with E-state index in [4.69, 9.17) is 9.47 Å². The van der Waals surface area contributed by atoms with Gasteiger partial charge in [0.1, 0.15) is 17.2 Å². The first-order valence-electron chi connectivity index (χ1n) is 8.19. The van der Waals surface area contributed by atoms with Crippen molar-refractivity contribution in [2.75, 3.05) is 19.5 Å². The van der Waals surface area contributed by atoms with Crippen molar-refractivity contribution in [1.82, 2.24) is 20.3 Å². The number of hydrogen-bond donors (Lipinski definition) is 2. The number of methoxy groups -OCH3 is 2. The van der Waals surface area contributed by atoms with Crippen LogP contribution in [0.3, 0.4) is 0 Å². The van der Waals surface area contributed by atoms with Crippen LogP contribution in [0.15, 0.2) is 55.0 Å². The predicted octanol–water partition coefficient (Wildman–Crippen LogP) is 2.56. The van der Waals surface area contributed by atoms with Gasteiger partial charge in [0.15, 0.2) is 0 Å². The zero-order valence-corrected chi connectivity index (χ0v) is 15.0. The van der Waals surface area contributed by atoms with Gasteiger partial charge in [-0.25, -0.2) is 9.97 Å². The molecule has 0 spiro atoms. The van der Waals surface area contributed by atoms with Crippen LogP contribution in [-0.2, 0) is 6.54 Å². The fourth-order valence-electron chi connectivity index (χ4n) is 2.35. The smallest absolute Gasteiger partial charge is 0.270 e. The quantitative estimate of drug-likeness (QED) is 0.664. The first-order chi connectivity index (χ1) is 13.2. The molecule has 8 nitrogen and oxygen atoms in total. The molecular weight excluding hydrogens is 346 g/mol. The number of carbonyl (C=O) groups excluding carboxylic acids is 1. The van der Waals surface area contributed by atoms with Crippen molar-refractivity contribution >= 4 is 17.5 Å². The molecule has 0 radical (unpaired) electrons. The van der Waals surface area contributed by atoms with Crippen LogP contribution in [0.25, 0.3) is 0 Å². The van der Waals surface area contributed by atoms with Gasteiger partial charge in [-0.15, -0.1) is 0 Å². The highest BCUT2D eigenvalue weighted by atomic mass is 16.5. The molecule has 8 heteroatoms. The van der Waals surface area contributed by atoms with Gasteiger partial charge in [-0.1, -0.05) is 6.07 Å². The molecule has 0 aliphatic heterocycles. The van der Waals surface area contributed by atoms with Crippen LogP contribution in [0.1, 0.15) is 16.1 Å². The lowest BCUT2D eigenvalue weighted by Gasteiger charge is -2.12. The molecule has 2 aromatic heterocycles. The van der Waals surface area contributed by atoms with Crippen molar-refractivity contribution in [3.8, 4) is 11.5 Å². The average molecular weight is 365 g/mol. The second-order valence-electron chi connectivity index (χ2n) is 5.50. The molecule has 0 unspecified atom stereocenters. The highest BCUT2D eigenvalue weighted by molar-refractivity contribution is 5.92. The van der Waals surface area contributed by atoms with Crippen molar-refractivity contribution in [3.63, 3.8) is 0 Å². The molecule has 1 amide bonds. The third kappa shape index (κ3) is 4.69. The van der Waals surface area contributed by atoms with Crippen LogP contribution in [0.5, 0.6) is 11.5 Å². The Morgan fingerprint density at radius 3 is 2.74 bits per heavy atom. The summed E-state index contributed by atoms with van der Waals surface area (Å²) in [7, 11) is 3.14. The molecule has 27 heavy (non-hydrogen) atoms. The number of rotatable bonds is 7. The molecule has 0 atom stereocenters. The largest absolute Gasteiger partial charge is 0.497 e. The minimum atomic E-state index is -0.304. The number of amides is 1. The average Bonchev–Trinajstić information content (AvgIpc) is 2.73. The van der Waals surface area contributed by atoms with E-state index in [-0.39, 0.29) is 17.5 Å². The maximum absolute atomic E-state index is 12.4. The number of ether oxygens (including phenoxy) is 2. The summed E-state index contributed by atoms with van der Waals surface area (Å²) in [5.41, 5.74) is 1.78. The van der Waals surface area contributed by atoms with E-state index >= 15 is 0 Å². The van der Waals surface area contributed by atoms with Crippen LogP contribution in [0.2, 0.25) is 0 Å². The number of nitrogens with one attached hydrogen (secondary N) is 2. The number of pyridine rings is 1. The molecular formula is C19H19N5O3. The monoisotopic (exact) mass is 365 g/mol. The Morgan fingerprint density at radius 1 is 1.11 bits per heavy atom. The Hall–Kier alpha value is -3.68. The van der Waals surface area contributed by atoms with Crippen LogP contribution in [0, 0.1) is 0 Å². The minimum absolute atomic E-state index is 0.248. The third-order valence-electron chi connectivity index (χ3n) is 3.72. The van der Waals surface area contributed by atoms with Gasteiger partial charge in [0, 0.05) is 31.2 Å². The summed E-state index contributed by atoms with van der Waals surface area (Å²) < 4.78 is 10.5. The van der Waals surface area contributed by atoms with E-state index < -0.39 is 0 Å². The zero-order chi connectivity index (χ0) is 19.1. The molecule has 0 saturated heterocycles. The van der Waals surface area contributed by atoms with Crippen LogP contribution < -0.4 is 20.1 Å². The lowest BCUT2D eigenvalue weighted by molar-refractivity contribution is 0.0946. The second kappa shape index (κ2) is 8.61. The van der Waals surface area contributed by atoms with E-state index in [2.05, 4.69) is 25.6 Å². The Labute approximate surface area is 156 Å². The summed E-state index contributed by atoms with van der Waals surface area (Å²) in [6.07, 6.45) is 4.89. The Bertz CT molecular complexity index is 918. The highest BCUT2D eigenvalue weighted by Crippen LogP contribution is 2.30. The molecule has 138 valence electrons. The lowest BCUT2D eigenvalue weighted by Crippen LogP contribution is -2.24. The number of aromatic nitrogens is 3. The van der Waals surface area contributed by atoms with Gasteiger partial charge in [0.2, 0.25) is 5.95 Å². The number of anilines is 2. The van der Waals surface area contributed by atoms with Gasteiger partial charge in [0.25, 0.3) is 5.91 Å². The number of hydrogen-bond acceptors (Lipinski definition) is 7. The topological polar surface area (TPSA) is 98.3 Å². The van der Waals surface area contributed by atoms with E-state index in [1.165, 1.54) is 6.20 Å². The summed E-state index contributed by atoms with van der Waals surface area (Å²) in [6.45, 7) is 0.364. The number of carbonyl (C=O) groups is 1. The Morgan fingerprint density at radius 2 is 2.00 bits per heavy atom. The lowest BCUT2D eigenvalue weighted by atomic mass is 10.2. The van der Waals surface area contributed by atoms with Crippen molar-refractivity contribution in [1.29, 1.82) is 0 Å². The summed E-state index contributed by atoms with van der Waals surface area (Å²) in [6, 6.07) is 10.6. The van der Waals surface area contributed by atoms with Gasteiger partial charge >= 0.3 is 0 Å². The maximum Gasteiger partial charge on any atom is 0.270 e. The molecule has 2 N–H and O–H groups in total. The Balaban J connectivity index is 1.73. The standard InChI is InChI=1S/C19H19N5O3/c1-26-14-5-6-17(27-2)16(10-14)24-19-21-9-7-15(23-19)18(25)22-12-13-4-3-8-20-11-13/h3-11H,12H2,1-2H3,(H,22,25)(H,21,23,24). The van der Waals surface area contributed by atoms with Gasteiger partial charge < -0.3 is 20.1 Å². The Kier molecular flexibility index (Phi) is 5.78. The zero-order valence-electron chi connectivity index (χ0n) is 15.0. The molecule has 0 bridgehead atoms. The SMILES string of the molecule is COc1ccc(OC)c(Nc2nccc(C(=O)NCc3cccnc3)n2)c1. The summed E-state index contributed by atoms with van der Waals surface area (Å²) in [4.78, 5) is 24.8. The van der Waals surface area contributed by atoms with Crippen LogP contribution in [-0.4, -0.2) is 35.1 Å². The first kappa shape index (κ1) is 18.1. The summed E-state index contributed by atoms with van der Waals surface area (Å²) in [5, 5.41) is 5.86. The van der Waals surface area contributed by atoms with Crippen molar-refractivity contribution in [2.24, 2.45) is 0 Å². The van der Waals surface area contributed by atoms with Crippen molar-refractivity contribution in [2.45, 2.75) is 6.54 Å². The van der Waals surface area contributed by atoms with Gasteiger partial charge in [-0.3, -0.25) is 9.78 Å². The van der Waals surface area contributed by atoms with Gasteiger partial charge in [-0.2, -0.15) is 0 Å². The fourth-order valence-corrected chi connectivity index (χ4v) is 2.35. The van der Waals surface area contributed by atoms with E-state index in [0.29, 0.717) is 23.7 Å². The molecule has 0 aliphatic carbocycles. The molecule has 0 aliphatic rings. The number of nitrogens with zero attached hydrogens (tertiary/aromatic N) is 3. The molecule has 0 fully saturated rings. The van der Waals surface area contributed by atoms with Crippen molar-refractivity contribution < 1.29 is 14.3 Å². The molecule has 3 rings (SSSR count). The normalized spacial score (nSPS) is 10.1. The third-order valence-corrected chi connectivity index (χ3v) is 3.72. The second-order valence-corrected chi connectivity index (χ2v) is 5.50. The highest BCUT2D eigenvalue weighted by Gasteiger charge is 2.11. The maximum atomic E-state index is 12.4. The molecule has 1 aromatic carbocycles. The fraction of sp³-hybridized carbons (Fsp3) is 0.158. The molecule has 2 heterocycles. The predicted molar refractivity (Wildman–Crippen MR) is 100 cm³/mol. The van der Waals surface area contributed by atoms with E-state index in [0.717, 1.165) is 5.56 Å². The van der Waals surface area contributed by atoms with Crippen molar-refractivity contribution in [3.05, 3.63) is 66.2 Å². The summed E-state index contributed by atoms with van der Waals surface area (Å²) >= 11 is 0. The van der Waals surface area contributed by atoms with Gasteiger partial charge in [0.05, 0.1) is 19.9 Å². The van der Waals surface area contributed by atoms with E-state index in [9.17, 15) is 4.79 Å². The van der Waals surface area contributed by atoms with Crippen LogP contribution >= 0.6 is 0 Å². The van der Waals surface area contributed by atoms with Gasteiger partial charge in [-0.05, 0) is 29.8 Å². The first-order valence-corrected chi connectivity index (χ1v) is 8.19.